The van der Waals surface area contributed by atoms with Crippen molar-refractivity contribution in [2.45, 2.75) is 26.4 Å². The lowest BCUT2D eigenvalue weighted by Gasteiger charge is -2.15. The van der Waals surface area contributed by atoms with Gasteiger partial charge in [0.2, 0.25) is 11.9 Å². The van der Waals surface area contributed by atoms with Crippen LogP contribution in [0.2, 0.25) is 0 Å². The third-order valence-electron chi connectivity index (χ3n) is 2.93. The first kappa shape index (κ1) is 19.1. The van der Waals surface area contributed by atoms with Crippen LogP contribution >= 0.6 is 12.4 Å². The number of hydrogen-bond donors (Lipinski definition) is 3. The van der Waals surface area contributed by atoms with E-state index in [9.17, 15) is 5.11 Å². The van der Waals surface area contributed by atoms with Gasteiger partial charge in [-0.1, -0.05) is 6.92 Å². The minimum Gasteiger partial charge on any atom is -0.392 e. The molecule has 2 aromatic rings. The zero-order valence-corrected chi connectivity index (χ0v) is 14.7. The molecule has 2 rings (SSSR count). The van der Waals surface area contributed by atoms with E-state index in [1.54, 1.807) is 13.1 Å². The van der Waals surface area contributed by atoms with Crippen LogP contribution in [0.5, 0.6) is 0 Å². The molecule has 0 aliphatic heterocycles. The largest absolute Gasteiger partial charge is 0.392 e. The Bertz CT molecular complexity index is 636. The highest BCUT2D eigenvalue weighted by molar-refractivity contribution is 5.86. The molecule has 23 heavy (non-hydrogen) atoms. The van der Waals surface area contributed by atoms with Gasteiger partial charge < -0.3 is 20.6 Å². The van der Waals surface area contributed by atoms with Gasteiger partial charge in [-0.3, -0.25) is 0 Å². The lowest BCUT2D eigenvalue weighted by molar-refractivity contribution is 0.208. The van der Waals surface area contributed by atoms with E-state index in [4.69, 9.17) is 0 Å². The van der Waals surface area contributed by atoms with Crippen molar-refractivity contribution in [2.75, 3.05) is 42.7 Å². The predicted octanol–water partition coefficient (Wildman–Crippen LogP) is 1.52. The van der Waals surface area contributed by atoms with Crippen molar-refractivity contribution in [3.05, 3.63) is 6.20 Å². The van der Waals surface area contributed by atoms with Crippen LogP contribution in [0.3, 0.4) is 0 Å². The van der Waals surface area contributed by atoms with Gasteiger partial charge in [-0.05, 0) is 13.3 Å². The molecular formula is C14H24ClN7O. The molecule has 0 aliphatic rings. The van der Waals surface area contributed by atoms with Crippen molar-refractivity contribution in [3.8, 4) is 0 Å². The van der Waals surface area contributed by atoms with Crippen LogP contribution in [0.25, 0.3) is 11.0 Å². The molecule has 1 unspecified atom stereocenters. The smallest absolute Gasteiger partial charge is 0.225 e. The third-order valence-corrected chi connectivity index (χ3v) is 2.93. The van der Waals surface area contributed by atoms with E-state index in [-0.39, 0.29) is 12.4 Å². The molecule has 2 aromatic heterocycles. The molecule has 0 bridgehead atoms. The molecule has 1 atom stereocenters. The van der Waals surface area contributed by atoms with E-state index in [1.165, 1.54) is 0 Å². The van der Waals surface area contributed by atoms with Crippen molar-refractivity contribution in [2.24, 2.45) is 0 Å². The molecule has 0 spiro atoms. The average Bonchev–Trinajstić information content (AvgIpc) is 2.49. The number of nitrogens with zero attached hydrogens (tertiary/aromatic N) is 5. The minimum atomic E-state index is -0.468. The maximum atomic E-state index is 9.33. The summed E-state index contributed by atoms with van der Waals surface area (Å²) in [4.78, 5) is 19.5. The Morgan fingerprint density at radius 3 is 2.52 bits per heavy atom. The van der Waals surface area contributed by atoms with Gasteiger partial charge in [-0.15, -0.1) is 12.4 Å². The maximum Gasteiger partial charge on any atom is 0.225 e. The van der Waals surface area contributed by atoms with Gasteiger partial charge in [0.1, 0.15) is 11.0 Å². The van der Waals surface area contributed by atoms with Crippen LogP contribution in [0, 0.1) is 0 Å². The summed E-state index contributed by atoms with van der Waals surface area (Å²) in [7, 11) is 3.83. The molecule has 0 fully saturated rings. The van der Waals surface area contributed by atoms with E-state index in [1.807, 2.05) is 19.0 Å². The number of nitrogens with one attached hydrogen (secondary N) is 2. The summed E-state index contributed by atoms with van der Waals surface area (Å²) < 4.78 is 0. The van der Waals surface area contributed by atoms with Gasteiger partial charge in [-0.2, -0.15) is 4.98 Å². The fourth-order valence-electron chi connectivity index (χ4n) is 1.87. The SMILES string of the molecule is CCCNc1nc(N(C)C)c2nc(NCC(C)O)ncc2n1.Cl. The highest BCUT2D eigenvalue weighted by Gasteiger charge is 2.12. The second-order valence-corrected chi connectivity index (χ2v) is 5.35. The molecule has 0 aromatic carbocycles. The molecule has 3 N–H and O–H groups in total. The Morgan fingerprint density at radius 1 is 1.17 bits per heavy atom. The number of fused-ring (bicyclic) bond motifs is 1. The highest BCUT2D eigenvalue weighted by atomic mass is 35.5. The van der Waals surface area contributed by atoms with Crippen LogP contribution in [0.15, 0.2) is 6.20 Å². The van der Waals surface area contributed by atoms with Gasteiger partial charge >= 0.3 is 0 Å². The normalized spacial score (nSPS) is 11.7. The first-order chi connectivity index (χ1) is 10.5. The zero-order chi connectivity index (χ0) is 16.1. The first-order valence-electron chi connectivity index (χ1n) is 7.39. The van der Waals surface area contributed by atoms with E-state index in [0.29, 0.717) is 29.5 Å². The zero-order valence-electron chi connectivity index (χ0n) is 13.9. The number of hydrogen-bond acceptors (Lipinski definition) is 8. The molecule has 0 saturated heterocycles. The van der Waals surface area contributed by atoms with Crippen LogP contribution < -0.4 is 15.5 Å². The highest BCUT2D eigenvalue weighted by Crippen LogP contribution is 2.22. The van der Waals surface area contributed by atoms with E-state index in [0.717, 1.165) is 18.8 Å². The Hall–Kier alpha value is -1.93. The number of aliphatic hydroxyl groups excluding tert-OH is 1. The number of anilines is 3. The topological polar surface area (TPSA) is 99.1 Å². The Kier molecular flexibility index (Phi) is 7.18. The quantitative estimate of drug-likeness (QED) is 0.697. The second kappa shape index (κ2) is 8.64. The van der Waals surface area contributed by atoms with Gasteiger partial charge in [-0.25, -0.2) is 15.0 Å². The van der Waals surface area contributed by atoms with Crippen molar-refractivity contribution < 1.29 is 5.11 Å². The molecule has 8 nitrogen and oxygen atoms in total. The van der Waals surface area contributed by atoms with E-state index in [2.05, 4.69) is 37.5 Å². The number of aromatic nitrogens is 4. The molecule has 128 valence electrons. The molecule has 0 amide bonds. The van der Waals surface area contributed by atoms with Crippen LogP contribution in [0.4, 0.5) is 17.7 Å². The summed E-state index contributed by atoms with van der Waals surface area (Å²) in [6.07, 6.45) is 2.19. The van der Waals surface area contributed by atoms with Crippen molar-refractivity contribution in [1.82, 2.24) is 19.9 Å². The lowest BCUT2D eigenvalue weighted by atomic mass is 10.4. The summed E-state index contributed by atoms with van der Waals surface area (Å²) in [6, 6.07) is 0. The van der Waals surface area contributed by atoms with Crippen molar-refractivity contribution in [1.29, 1.82) is 0 Å². The van der Waals surface area contributed by atoms with Gasteiger partial charge in [0.15, 0.2) is 5.82 Å². The monoisotopic (exact) mass is 341 g/mol. The van der Waals surface area contributed by atoms with Gasteiger partial charge in [0.05, 0.1) is 12.3 Å². The second-order valence-electron chi connectivity index (χ2n) is 5.35. The van der Waals surface area contributed by atoms with Crippen LogP contribution in [-0.2, 0) is 0 Å². The summed E-state index contributed by atoms with van der Waals surface area (Å²) in [5.41, 5.74) is 1.36. The number of rotatable bonds is 7. The maximum absolute atomic E-state index is 9.33. The summed E-state index contributed by atoms with van der Waals surface area (Å²) >= 11 is 0. The van der Waals surface area contributed by atoms with Crippen molar-refractivity contribution in [3.63, 3.8) is 0 Å². The van der Waals surface area contributed by atoms with Gasteiger partial charge in [0.25, 0.3) is 0 Å². The average molecular weight is 342 g/mol. The predicted molar refractivity (Wildman–Crippen MR) is 95.7 cm³/mol. The van der Waals surface area contributed by atoms with Gasteiger partial charge in [0, 0.05) is 27.2 Å². The van der Waals surface area contributed by atoms with Crippen LogP contribution in [0.1, 0.15) is 20.3 Å². The summed E-state index contributed by atoms with van der Waals surface area (Å²) in [6.45, 7) is 4.99. The fourth-order valence-corrected chi connectivity index (χ4v) is 1.87. The summed E-state index contributed by atoms with van der Waals surface area (Å²) in [5.74, 6) is 1.76. The summed E-state index contributed by atoms with van der Waals surface area (Å²) in [5, 5.41) is 15.5. The fraction of sp³-hybridized carbons (Fsp3) is 0.571. The Labute approximate surface area is 142 Å². The molecular weight excluding hydrogens is 318 g/mol. The number of halogens is 1. The molecule has 0 saturated carbocycles. The Balaban J connectivity index is 0.00000264. The molecule has 0 aliphatic carbocycles. The Morgan fingerprint density at radius 2 is 1.91 bits per heavy atom. The van der Waals surface area contributed by atoms with Crippen molar-refractivity contribution >= 4 is 41.2 Å². The molecule has 0 radical (unpaired) electrons. The number of aliphatic hydroxyl groups is 1. The minimum absolute atomic E-state index is 0. The molecule has 9 heteroatoms. The standard InChI is InChI=1S/C14H23N7O.ClH/c1-5-6-15-14-18-10-8-17-13(16-7-9(2)22)19-11(10)12(20-14)21(3)4;/h8-9,22H,5-7H2,1-4H3,(H,15,18,20)(H,16,17,19);1H. The van der Waals surface area contributed by atoms with E-state index < -0.39 is 6.10 Å². The van der Waals surface area contributed by atoms with E-state index >= 15 is 0 Å². The first-order valence-corrected chi connectivity index (χ1v) is 7.39. The third kappa shape index (κ3) is 5.04. The molecule has 2 heterocycles. The lowest BCUT2D eigenvalue weighted by Crippen LogP contribution is -2.18. The van der Waals surface area contributed by atoms with Crippen LogP contribution in [-0.4, -0.2) is 58.3 Å².